The van der Waals surface area contributed by atoms with Crippen molar-refractivity contribution in [3.05, 3.63) is 42.9 Å². The number of hydrogen-bond acceptors (Lipinski definition) is 7. The van der Waals surface area contributed by atoms with Crippen molar-refractivity contribution in [2.45, 2.75) is 6.54 Å². The predicted molar refractivity (Wildman–Crippen MR) is 109 cm³/mol. The van der Waals surface area contributed by atoms with E-state index in [4.69, 9.17) is 14.2 Å². The first-order valence-corrected chi connectivity index (χ1v) is 9.65. The Balaban J connectivity index is 1.61. The van der Waals surface area contributed by atoms with Crippen LogP contribution in [0.2, 0.25) is 0 Å². The number of hydrogen-bond donors (Lipinski definition) is 0. The highest BCUT2D eigenvalue weighted by atomic mass is 16.5. The molecule has 0 amide bonds. The lowest BCUT2D eigenvalue weighted by Gasteiger charge is -2.26. The van der Waals surface area contributed by atoms with E-state index in [-0.39, 0.29) is 0 Å². The number of imidazole rings is 1. The van der Waals surface area contributed by atoms with E-state index in [9.17, 15) is 0 Å². The molecule has 3 aromatic rings. The maximum absolute atomic E-state index is 5.54. The van der Waals surface area contributed by atoms with E-state index in [1.807, 2.05) is 30.6 Å². The molecule has 3 heterocycles. The third-order valence-corrected chi connectivity index (χ3v) is 5.01. The van der Waals surface area contributed by atoms with Gasteiger partial charge in [0.15, 0.2) is 5.82 Å². The molecule has 4 rings (SSSR count). The highest BCUT2D eigenvalue weighted by molar-refractivity contribution is 5.72. The van der Waals surface area contributed by atoms with E-state index in [0.29, 0.717) is 17.5 Å². The molecule has 1 saturated heterocycles. The second-order valence-electron chi connectivity index (χ2n) is 6.74. The van der Waals surface area contributed by atoms with Crippen molar-refractivity contribution in [3.8, 4) is 34.4 Å². The Morgan fingerprint density at radius 2 is 1.86 bits per heavy atom. The van der Waals surface area contributed by atoms with Crippen LogP contribution in [0.3, 0.4) is 0 Å². The zero-order valence-electron chi connectivity index (χ0n) is 16.7. The normalized spacial score (nSPS) is 14.7. The van der Waals surface area contributed by atoms with E-state index in [1.165, 1.54) is 0 Å². The molecule has 8 heteroatoms. The van der Waals surface area contributed by atoms with Crippen molar-refractivity contribution in [2.75, 3.05) is 47.1 Å². The van der Waals surface area contributed by atoms with Crippen molar-refractivity contribution in [2.24, 2.45) is 0 Å². The van der Waals surface area contributed by atoms with Crippen LogP contribution in [0.5, 0.6) is 11.6 Å². The lowest BCUT2D eigenvalue weighted by atomic mass is 10.1. The van der Waals surface area contributed by atoms with Gasteiger partial charge in [0.25, 0.3) is 0 Å². The van der Waals surface area contributed by atoms with Gasteiger partial charge in [0, 0.05) is 56.4 Å². The Labute approximate surface area is 170 Å². The van der Waals surface area contributed by atoms with Crippen LogP contribution in [0.25, 0.3) is 22.8 Å². The summed E-state index contributed by atoms with van der Waals surface area (Å²) >= 11 is 0. The van der Waals surface area contributed by atoms with Crippen LogP contribution in [-0.4, -0.2) is 71.5 Å². The first kappa shape index (κ1) is 19.4. The zero-order chi connectivity index (χ0) is 20.1. The standard InChI is InChI=1S/C21H25N5O3/c1-27-18-4-3-16(15-17(18)20-22-6-5-19(24-20)28-2)21-23-7-8-26(21)10-9-25-11-13-29-14-12-25/h3-8,15H,9-14H2,1-2H3. The second-order valence-corrected chi connectivity index (χ2v) is 6.74. The van der Waals surface area contributed by atoms with Crippen LogP contribution in [0.4, 0.5) is 0 Å². The molecular formula is C21H25N5O3. The summed E-state index contributed by atoms with van der Waals surface area (Å²) in [7, 11) is 3.23. The van der Waals surface area contributed by atoms with E-state index < -0.39 is 0 Å². The molecule has 0 radical (unpaired) electrons. The number of aromatic nitrogens is 4. The molecule has 0 aliphatic carbocycles. The number of methoxy groups -OCH3 is 2. The molecule has 2 aromatic heterocycles. The van der Waals surface area contributed by atoms with Crippen molar-refractivity contribution in [3.63, 3.8) is 0 Å². The summed E-state index contributed by atoms with van der Waals surface area (Å²) in [5.74, 6) is 2.67. The van der Waals surface area contributed by atoms with Gasteiger partial charge in [-0.1, -0.05) is 0 Å². The number of benzene rings is 1. The maximum atomic E-state index is 5.54. The SMILES string of the molecule is COc1ccnc(-c2cc(-c3nccn3CCN3CCOCC3)ccc2OC)n1. The van der Waals surface area contributed by atoms with Gasteiger partial charge in [-0.25, -0.2) is 9.97 Å². The van der Waals surface area contributed by atoms with Crippen molar-refractivity contribution >= 4 is 0 Å². The lowest BCUT2D eigenvalue weighted by molar-refractivity contribution is 0.0364. The minimum absolute atomic E-state index is 0.509. The van der Waals surface area contributed by atoms with Gasteiger partial charge in [-0.05, 0) is 18.2 Å². The lowest BCUT2D eigenvalue weighted by Crippen LogP contribution is -2.38. The monoisotopic (exact) mass is 395 g/mol. The molecule has 1 fully saturated rings. The summed E-state index contributed by atoms with van der Waals surface area (Å²) in [6, 6.07) is 7.67. The number of ether oxygens (including phenoxy) is 3. The molecule has 29 heavy (non-hydrogen) atoms. The Bertz CT molecular complexity index is 953. The largest absolute Gasteiger partial charge is 0.496 e. The van der Waals surface area contributed by atoms with Gasteiger partial charge in [-0.3, -0.25) is 4.90 Å². The Morgan fingerprint density at radius 3 is 2.66 bits per heavy atom. The highest BCUT2D eigenvalue weighted by Gasteiger charge is 2.15. The highest BCUT2D eigenvalue weighted by Crippen LogP contribution is 2.32. The van der Waals surface area contributed by atoms with E-state index >= 15 is 0 Å². The minimum atomic E-state index is 0.509. The third kappa shape index (κ3) is 4.38. The summed E-state index contributed by atoms with van der Waals surface area (Å²) in [4.78, 5) is 15.8. The Morgan fingerprint density at radius 1 is 1.00 bits per heavy atom. The van der Waals surface area contributed by atoms with Gasteiger partial charge in [-0.15, -0.1) is 0 Å². The van der Waals surface area contributed by atoms with Crippen molar-refractivity contribution < 1.29 is 14.2 Å². The number of rotatable bonds is 7. The first-order valence-electron chi connectivity index (χ1n) is 9.65. The molecular weight excluding hydrogens is 370 g/mol. The van der Waals surface area contributed by atoms with Gasteiger partial charge in [0.05, 0.1) is 33.0 Å². The zero-order valence-corrected chi connectivity index (χ0v) is 16.7. The van der Waals surface area contributed by atoms with Crippen LogP contribution in [0.15, 0.2) is 42.9 Å². The fourth-order valence-corrected chi connectivity index (χ4v) is 3.43. The van der Waals surface area contributed by atoms with Gasteiger partial charge < -0.3 is 18.8 Å². The summed E-state index contributed by atoms with van der Waals surface area (Å²) in [5.41, 5.74) is 1.78. The van der Waals surface area contributed by atoms with Crippen LogP contribution in [-0.2, 0) is 11.3 Å². The number of morpholine rings is 1. The smallest absolute Gasteiger partial charge is 0.216 e. The summed E-state index contributed by atoms with van der Waals surface area (Å²) in [6.07, 6.45) is 5.53. The molecule has 1 aromatic carbocycles. The molecule has 1 aliphatic rings. The van der Waals surface area contributed by atoms with Gasteiger partial charge in [0.1, 0.15) is 11.6 Å². The molecule has 0 unspecified atom stereocenters. The quantitative estimate of drug-likeness (QED) is 0.608. The number of nitrogens with zero attached hydrogens (tertiary/aromatic N) is 5. The Kier molecular flexibility index (Phi) is 6.02. The average molecular weight is 395 g/mol. The second kappa shape index (κ2) is 9.02. The topological polar surface area (TPSA) is 74.5 Å². The summed E-state index contributed by atoms with van der Waals surface area (Å²) < 4.78 is 18.4. The van der Waals surface area contributed by atoms with Crippen LogP contribution in [0, 0.1) is 0 Å². The predicted octanol–water partition coefficient (Wildman–Crippen LogP) is 2.36. The van der Waals surface area contributed by atoms with Crippen LogP contribution >= 0.6 is 0 Å². The van der Waals surface area contributed by atoms with Gasteiger partial charge in [0.2, 0.25) is 5.88 Å². The third-order valence-electron chi connectivity index (χ3n) is 5.01. The minimum Gasteiger partial charge on any atom is -0.496 e. The van der Waals surface area contributed by atoms with Gasteiger partial charge >= 0.3 is 0 Å². The molecule has 0 spiro atoms. The van der Waals surface area contributed by atoms with E-state index in [0.717, 1.165) is 56.3 Å². The van der Waals surface area contributed by atoms with Crippen molar-refractivity contribution in [1.82, 2.24) is 24.4 Å². The van der Waals surface area contributed by atoms with Gasteiger partial charge in [-0.2, -0.15) is 4.98 Å². The molecule has 0 N–H and O–H groups in total. The molecule has 0 saturated carbocycles. The van der Waals surface area contributed by atoms with Crippen molar-refractivity contribution in [1.29, 1.82) is 0 Å². The maximum Gasteiger partial charge on any atom is 0.216 e. The molecule has 152 valence electrons. The van der Waals surface area contributed by atoms with E-state index in [1.54, 1.807) is 26.5 Å². The van der Waals surface area contributed by atoms with Crippen LogP contribution in [0.1, 0.15) is 0 Å². The fraction of sp³-hybridized carbons (Fsp3) is 0.381. The molecule has 0 bridgehead atoms. The fourth-order valence-electron chi connectivity index (χ4n) is 3.43. The van der Waals surface area contributed by atoms with E-state index in [2.05, 4.69) is 24.4 Å². The molecule has 1 aliphatic heterocycles. The average Bonchev–Trinajstić information content (AvgIpc) is 3.26. The molecule has 8 nitrogen and oxygen atoms in total. The first-order chi connectivity index (χ1) is 14.3. The Hall–Kier alpha value is -2.97. The molecule has 0 atom stereocenters. The van der Waals surface area contributed by atoms with Crippen LogP contribution < -0.4 is 9.47 Å². The summed E-state index contributed by atoms with van der Waals surface area (Å²) in [5, 5.41) is 0. The summed E-state index contributed by atoms with van der Waals surface area (Å²) in [6.45, 7) is 5.40.